The first kappa shape index (κ1) is 71.1. The molecule has 0 saturated heterocycles. The number of ether oxygens (including phenoxy) is 3. The maximum atomic E-state index is 12.9. The lowest BCUT2D eigenvalue weighted by Gasteiger charge is -2.18. The van der Waals surface area contributed by atoms with Crippen molar-refractivity contribution in [1.29, 1.82) is 0 Å². The number of rotatable bonds is 56. The molecule has 0 spiro atoms. The maximum Gasteiger partial charge on any atom is 0.306 e. The summed E-state index contributed by atoms with van der Waals surface area (Å²) in [5, 5.41) is 0. The molecule has 1 unspecified atom stereocenters. The molecule has 428 valence electrons. The van der Waals surface area contributed by atoms with Crippen LogP contribution in [0.25, 0.3) is 0 Å². The van der Waals surface area contributed by atoms with Gasteiger partial charge in [-0.2, -0.15) is 0 Å². The predicted molar refractivity (Wildman–Crippen MR) is 325 cm³/mol. The largest absolute Gasteiger partial charge is 0.462 e. The molecule has 0 aliphatic rings. The standard InChI is InChI=1S/C69H116O6/c1-4-7-10-13-16-19-22-25-28-30-31-32-33-34-35-36-37-39-41-44-47-50-53-56-59-62-68(71)74-65-66(64-73-67(70)61-58-55-52-49-46-43-40-27-24-21-18-15-12-9-6-3)75-69(72)63-60-57-54-51-48-45-42-38-29-26-23-20-17-14-11-8-5-2/h7-8,10-11,16-17,19-20,25-26,28-29,31-32,34-35,42,45,66H,4-6,9,12-15,18,21-24,27,30,33,36-41,43-44,46-65H2,1-3H3/b10-7-,11-8-,19-16-,20-17-,28-25-,29-26-,32-31-,35-34-,45-42-. The van der Waals surface area contributed by atoms with Crippen LogP contribution in [0, 0.1) is 0 Å². The van der Waals surface area contributed by atoms with E-state index in [2.05, 4.69) is 130 Å². The molecule has 0 saturated carbocycles. The molecular formula is C69H116O6. The van der Waals surface area contributed by atoms with Crippen molar-refractivity contribution in [1.82, 2.24) is 0 Å². The highest BCUT2D eigenvalue weighted by Gasteiger charge is 2.19. The van der Waals surface area contributed by atoms with Gasteiger partial charge in [-0.05, 0) is 103 Å². The minimum absolute atomic E-state index is 0.0884. The van der Waals surface area contributed by atoms with E-state index >= 15 is 0 Å². The Hall–Kier alpha value is -3.93. The van der Waals surface area contributed by atoms with Crippen molar-refractivity contribution in [3.63, 3.8) is 0 Å². The molecular weight excluding hydrogens is 925 g/mol. The quantitative estimate of drug-likeness (QED) is 0.0261. The highest BCUT2D eigenvalue weighted by molar-refractivity contribution is 5.71. The van der Waals surface area contributed by atoms with Gasteiger partial charge in [0.25, 0.3) is 0 Å². The number of carbonyl (C=O) groups excluding carboxylic acids is 3. The van der Waals surface area contributed by atoms with E-state index in [1.54, 1.807) is 0 Å². The summed E-state index contributed by atoms with van der Waals surface area (Å²) in [6.45, 7) is 6.41. The molecule has 0 aliphatic carbocycles. The highest BCUT2D eigenvalue weighted by Crippen LogP contribution is 2.16. The molecule has 0 amide bonds. The zero-order valence-corrected chi connectivity index (χ0v) is 49.0. The third-order valence-electron chi connectivity index (χ3n) is 13.3. The second-order valence-corrected chi connectivity index (χ2v) is 20.6. The molecule has 0 heterocycles. The van der Waals surface area contributed by atoms with Gasteiger partial charge in [0.1, 0.15) is 13.2 Å². The number of allylic oxidation sites excluding steroid dienone is 18. The monoisotopic (exact) mass is 1040 g/mol. The van der Waals surface area contributed by atoms with E-state index in [1.165, 1.54) is 116 Å². The van der Waals surface area contributed by atoms with E-state index in [0.29, 0.717) is 19.3 Å². The first-order valence-corrected chi connectivity index (χ1v) is 31.4. The fourth-order valence-corrected chi connectivity index (χ4v) is 8.64. The smallest absolute Gasteiger partial charge is 0.306 e. The van der Waals surface area contributed by atoms with Gasteiger partial charge in [0.05, 0.1) is 0 Å². The van der Waals surface area contributed by atoms with Crippen LogP contribution in [0.15, 0.2) is 109 Å². The summed E-state index contributed by atoms with van der Waals surface area (Å²) in [4.78, 5) is 38.3. The summed E-state index contributed by atoms with van der Waals surface area (Å²) in [6, 6.07) is 0. The molecule has 0 aromatic carbocycles. The zero-order valence-electron chi connectivity index (χ0n) is 49.0. The number of carbonyl (C=O) groups is 3. The lowest BCUT2D eigenvalue weighted by atomic mass is 10.0. The van der Waals surface area contributed by atoms with Crippen molar-refractivity contribution in [2.75, 3.05) is 13.2 Å². The lowest BCUT2D eigenvalue weighted by Crippen LogP contribution is -2.30. The van der Waals surface area contributed by atoms with Gasteiger partial charge in [0, 0.05) is 19.3 Å². The van der Waals surface area contributed by atoms with Crippen molar-refractivity contribution in [3.05, 3.63) is 109 Å². The first-order valence-electron chi connectivity index (χ1n) is 31.4. The van der Waals surface area contributed by atoms with Gasteiger partial charge in [0.2, 0.25) is 0 Å². The Kier molecular flexibility index (Phi) is 59.3. The predicted octanol–water partition coefficient (Wildman–Crippen LogP) is 21.4. The summed E-state index contributed by atoms with van der Waals surface area (Å²) < 4.78 is 16.9. The lowest BCUT2D eigenvalue weighted by molar-refractivity contribution is -0.167. The summed E-state index contributed by atoms with van der Waals surface area (Å²) in [5.74, 6) is -0.911. The van der Waals surface area contributed by atoms with E-state index in [0.717, 1.165) is 135 Å². The molecule has 75 heavy (non-hydrogen) atoms. The summed E-state index contributed by atoms with van der Waals surface area (Å²) >= 11 is 0. The van der Waals surface area contributed by atoms with Crippen LogP contribution in [-0.2, 0) is 28.6 Å². The van der Waals surface area contributed by atoms with Crippen LogP contribution >= 0.6 is 0 Å². The van der Waals surface area contributed by atoms with E-state index in [4.69, 9.17) is 14.2 Å². The molecule has 6 heteroatoms. The summed E-state index contributed by atoms with van der Waals surface area (Å²) in [7, 11) is 0. The molecule has 0 rings (SSSR count). The van der Waals surface area contributed by atoms with Crippen LogP contribution in [0.2, 0.25) is 0 Å². The second kappa shape index (κ2) is 62.6. The Morgan fingerprint density at radius 1 is 0.280 bits per heavy atom. The van der Waals surface area contributed by atoms with Gasteiger partial charge in [-0.3, -0.25) is 14.4 Å². The van der Waals surface area contributed by atoms with Gasteiger partial charge < -0.3 is 14.2 Å². The molecule has 0 aromatic rings. The normalized spacial score (nSPS) is 12.8. The number of hydrogen-bond acceptors (Lipinski definition) is 6. The summed E-state index contributed by atoms with van der Waals surface area (Å²) in [5.41, 5.74) is 0. The molecule has 0 N–H and O–H groups in total. The number of esters is 3. The molecule has 0 bridgehead atoms. The second-order valence-electron chi connectivity index (χ2n) is 20.6. The van der Waals surface area contributed by atoms with Crippen LogP contribution in [-0.4, -0.2) is 37.2 Å². The van der Waals surface area contributed by atoms with Gasteiger partial charge in [-0.15, -0.1) is 0 Å². The van der Waals surface area contributed by atoms with Crippen molar-refractivity contribution < 1.29 is 28.6 Å². The van der Waals surface area contributed by atoms with Gasteiger partial charge in [-0.1, -0.05) is 278 Å². The average molecular weight is 1040 g/mol. The summed E-state index contributed by atoms with van der Waals surface area (Å²) in [6.07, 6.45) is 85.1. The van der Waals surface area contributed by atoms with Gasteiger partial charge >= 0.3 is 17.9 Å². The molecule has 0 fully saturated rings. The molecule has 0 radical (unpaired) electrons. The van der Waals surface area contributed by atoms with E-state index in [-0.39, 0.29) is 31.1 Å². The van der Waals surface area contributed by atoms with Gasteiger partial charge in [-0.25, -0.2) is 0 Å². The third kappa shape index (κ3) is 60.8. The van der Waals surface area contributed by atoms with Crippen molar-refractivity contribution in [3.8, 4) is 0 Å². The average Bonchev–Trinajstić information content (AvgIpc) is 3.41. The van der Waals surface area contributed by atoms with Crippen LogP contribution in [0.5, 0.6) is 0 Å². The van der Waals surface area contributed by atoms with Crippen molar-refractivity contribution in [2.45, 2.75) is 297 Å². The first-order chi connectivity index (χ1) is 37.0. The fraction of sp³-hybridized carbons (Fsp3) is 0.696. The van der Waals surface area contributed by atoms with Gasteiger partial charge in [0.15, 0.2) is 6.10 Å². The Bertz CT molecular complexity index is 1520. The van der Waals surface area contributed by atoms with Crippen molar-refractivity contribution in [2.24, 2.45) is 0 Å². The Morgan fingerprint density at radius 2 is 0.520 bits per heavy atom. The number of hydrogen-bond donors (Lipinski definition) is 0. The molecule has 0 aromatic heterocycles. The third-order valence-corrected chi connectivity index (χ3v) is 13.3. The zero-order chi connectivity index (χ0) is 54.3. The highest BCUT2D eigenvalue weighted by atomic mass is 16.6. The minimum atomic E-state index is -0.795. The van der Waals surface area contributed by atoms with E-state index in [1.807, 2.05) is 0 Å². The van der Waals surface area contributed by atoms with Crippen LogP contribution in [0.1, 0.15) is 290 Å². The molecule has 6 nitrogen and oxygen atoms in total. The van der Waals surface area contributed by atoms with E-state index < -0.39 is 6.10 Å². The molecule has 1 atom stereocenters. The Labute approximate surface area is 463 Å². The van der Waals surface area contributed by atoms with E-state index in [9.17, 15) is 14.4 Å². The van der Waals surface area contributed by atoms with Crippen LogP contribution in [0.4, 0.5) is 0 Å². The minimum Gasteiger partial charge on any atom is -0.462 e. The Balaban J connectivity index is 4.38. The van der Waals surface area contributed by atoms with Crippen molar-refractivity contribution >= 4 is 17.9 Å². The number of unbranched alkanes of at least 4 members (excludes halogenated alkanes) is 27. The topological polar surface area (TPSA) is 78.9 Å². The molecule has 0 aliphatic heterocycles. The van der Waals surface area contributed by atoms with Crippen LogP contribution in [0.3, 0.4) is 0 Å². The maximum absolute atomic E-state index is 12.9. The fourth-order valence-electron chi connectivity index (χ4n) is 8.64. The van der Waals surface area contributed by atoms with Crippen LogP contribution < -0.4 is 0 Å². The Morgan fingerprint density at radius 3 is 0.813 bits per heavy atom. The SMILES string of the molecule is CC/C=C\C/C=C\C/C=C\C/C=C\C/C=C\CCCCCCCCCCCC(=O)OCC(COC(=O)CCCCCCCCCCCCCCCCC)OC(=O)CCCCCC/C=C\C/C=C\C/C=C\C/C=C\CC.